The third kappa shape index (κ3) is 3.14. The van der Waals surface area contributed by atoms with E-state index in [4.69, 9.17) is 0 Å². The highest BCUT2D eigenvalue weighted by atomic mass is 16.6. The van der Waals surface area contributed by atoms with Gasteiger partial charge in [-0.3, -0.25) is 14.9 Å². The SMILES string of the molecule is Cc1c(NC(=O)C2CCCN(C)C2)cccc1[N+](=O)[O-]. The fourth-order valence-electron chi connectivity index (χ4n) is 2.57. The van der Waals surface area contributed by atoms with Gasteiger partial charge in [0, 0.05) is 12.6 Å². The molecule has 1 N–H and O–H groups in total. The van der Waals surface area contributed by atoms with Crippen molar-refractivity contribution in [3.8, 4) is 0 Å². The van der Waals surface area contributed by atoms with Crippen LogP contribution in [0.5, 0.6) is 0 Å². The van der Waals surface area contributed by atoms with E-state index in [1.165, 1.54) is 6.07 Å². The lowest BCUT2D eigenvalue weighted by Crippen LogP contribution is -2.38. The molecule has 0 saturated carbocycles. The molecule has 1 atom stereocenters. The zero-order valence-corrected chi connectivity index (χ0v) is 11.8. The minimum absolute atomic E-state index is 0.0311. The first-order valence-corrected chi connectivity index (χ1v) is 6.72. The smallest absolute Gasteiger partial charge is 0.274 e. The number of carbonyl (C=O) groups excluding carboxylic acids is 1. The maximum absolute atomic E-state index is 12.2. The van der Waals surface area contributed by atoms with Crippen LogP contribution in [-0.4, -0.2) is 35.9 Å². The summed E-state index contributed by atoms with van der Waals surface area (Å²) in [4.78, 5) is 24.8. The Balaban J connectivity index is 2.11. The number of nitrogens with one attached hydrogen (secondary N) is 1. The third-order valence-electron chi connectivity index (χ3n) is 3.76. The summed E-state index contributed by atoms with van der Waals surface area (Å²) in [5.41, 5.74) is 1.05. The van der Waals surface area contributed by atoms with Crippen molar-refractivity contribution in [2.24, 2.45) is 5.92 Å². The molecule has 6 nitrogen and oxygen atoms in total. The molecule has 1 aliphatic rings. The molecule has 1 aliphatic heterocycles. The van der Waals surface area contributed by atoms with Gasteiger partial charge in [-0.15, -0.1) is 0 Å². The monoisotopic (exact) mass is 277 g/mol. The molecule has 20 heavy (non-hydrogen) atoms. The van der Waals surface area contributed by atoms with Gasteiger partial charge < -0.3 is 10.2 Å². The summed E-state index contributed by atoms with van der Waals surface area (Å²) in [5, 5.41) is 13.7. The summed E-state index contributed by atoms with van der Waals surface area (Å²) < 4.78 is 0. The average Bonchev–Trinajstić information content (AvgIpc) is 2.40. The molecule has 108 valence electrons. The van der Waals surface area contributed by atoms with Gasteiger partial charge in [0.15, 0.2) is 0 Å². The van der Waals surface area contributed by atoms with Gasteiger partial charge in [-0.25, -0.2) is 0 Å². The zero-order chi connectivity index (χ0) is 14.7. The second-order valence-corrected chi connectivity index (χ2v) is 5.30. The van der Waals surface area contributed by atoms with Gasteiger partial charge in [0.2, 0.25) is 5.91 Å². The Morgan fingerprint density at radius 3 is 2.90 bits per heavy atom. The average molecular weight is 277 g/mol. The van der Waals surface area contributed by atoms with Crippen molar-refractivity contribution in [1.29, 1.82) is 0 Å². The van der Waals surface area contributed by atoms with Crippen molar-refractivity contribution in [3.63, 3.8) is 0 Å². The second kappa shape index (κ2) is 6.00. The van der Waals surface area contributed by atoms with Crippen LogP contribution in [0.1, 0.15) is 18.4 Å². The summed E-state index contributed by atoms with van der Waals surface area (Å²) in [6.45, 7) is 3.40. The largest absolute Gasteiger partial charge is 0.325 e. The lowest BCUT2D eigenvalue weighted by Gasteiger charge is -2.28. The molecule has 0 bridgehead atoms. The van der Waals surface area contributed by atoms with Crippen LogP contribution < -0.4 is 5.32 Å². The van der Waals surface area contributed by atoms with Gasteiger partial charge in [-0.05, 0) is 39.4 Å². The third-order valence-corrected chi connectivity index (χ3v) is 3.76. The number of rotatable bonds is 3. The minimum Gasteiger partial charge on any atom is -0.325 e. The first-order valence-electron chi connectivity index (χ1n) is 6.72. The molecule has 1 aromatic rings. The normalized spacial score (nSPS) is 19.6. The number of anilines is 1. The van der Waals surface area contributed by atoms with Crippen molar-refractivity contribution in [2.75, 3.05) is 25.5 Å². The van der Waals surface area contributed by atoms with Crippen molar-refractivity contribution >= 4 is 17.3 Å². The number of hydrogen-bond donors (Lipinski definition) is 1. The van der Waals surface area contributed by atoms with Crippen LogP contribution in [0.2, 0.25) is 0 Å². The molecule has 1 saturated heterocycles. The predicted molar refractivity (Wildman–Crippen MR) is 76.7 cm³/mol. The van der Waals surface area contributed by atoms with Crippen LogP contribution in [0.4, 0.5) is 11.4 Å². The van der Waals surface area contributed by atoms with Crippen molar-refractivity contribution < 1.29 is 9.72 Å². The number of piperidine rings is 1. The van der Waals surface area contributed by atoms with Gasteiger partial charge in [-0.1, -0.05) is 6.07 Å². The summed E-state index contributed by atoms with van der Waals surface area (Å²) in [6, 6.07) is 4.74. The number of likely N-dealkylation sites (tertiary alicyclic amines) is 1. The maximum atomic E-state index is 12.2. The topological polar surface area (TPSA) is 75.5 Å². The lowest BCUT2D eigenvalue weighted by atomic mass is 9.97. The number of nitro benzene ring substituents is 1. The summed E-state index contributed by atoms with van der Waals surface area (Å²) in [5.74, 6) is -0.104. The van der Waals surface area contributed by atoms with Crippen LogP contribution >= 0.6 is 0 Å². The molecule has 1 aromatic carbocycles. The molecule has 0 aliphatic carbocycles. The maximum Gasteiger partial charge on any atom is 0.274 e. The molecule has 2 rings (SSSR count). The molecule has 1 amide bonds. The first kappa shape index (κ1) is 14.5. The van der Waals surface area contributed by atoms with Crippen LogP contribution in [-0.2, 0) is 4.79 Å². The number of nitro groups is 1. The Morgan fingerprint density at radius 2 is 2.25 bits per heavy atom. The Morgan fingerprint density at radius 1 is 1.50 bits per heavy atom. The highest BCUT2D eigenvalue weighted by Gasteiger charge is 2.25. The quantitative estimate of drug-likeness (QED) is 0.678. The number of carbonyl (C=O) groups is 1. The van der Waals surface area contributed by atoms with E-state index in [0.717, 1.165) is 25.9 Å². The van der Waals surface area contributed by atoms with E-state index in [1.54, 1.807) is 19.1 Å². The minimum atomic E-state index is -0.431. The highest BCUT2D eigenvalue weighted by molar-refractivity contribution is 5.94. The standard InChI is InChI=1S/C14H19N3O3/c1-10-12(6-3-7-13(10)17(19)20)15-14(18)11-5-4-8-16(2)9-11/h3,6-7,11H,4-5,8-9H2,1-2H3,(H,15,18). The molecule has 1 unspecified atom stereocenters. The van der Waals surface area contributed by atoms with Gasteiger partial charge in [0.25, 0.3) is 5.69 Å². The summed E-state index contributed by atoms with van der Waals surface area (Å²) in [7, 11) is 2.00. The Hall–Kier alpha value is -1.95. The lowest BCUT2D eigenvalue weighted by molar-refractivity contribution is -0.385. The second-order valence-electron chi connectivity index (χ2n) is 5.30. The van der Waals surface area contributed by atoms with Crippen LogP contribution in [0.15, 0.2) is 18.2 Å². The van der Waals surface area contributed by atoms with Crippen LogP contribution in [0, 0.1) is 23.0 Å². The van der Waals surface area contributed by atoms with Crippen molar-refractivity contribution in [1.82, 2.24) is 4.90 Å². The van der Waals surface area contributed by atoms with Crippen molar-refractivity contribution in [2.45, 2.75) is 19.8 Å². The number of amides is 1. The molecule has 1 fully saturated rings. The molecule has 0 aromatic heterocycles. The first-order chi connectivity index (χ1) is 9.49. The summed E-state index contributed by atoms with van der Waals surface area (Å²) in [6.07, 6.45) is 1.87. The van der Waals surface area contributed by atoms with Gasteiger partial charge in [0.1, 0.15) is 0 Å². The molecular weight excluding hydrogens is 258 g/mol. The van der Waals surface area contributed by atoms with E-state index in [2.05, 4.69) is 10.2 Å². The van der Waals surface area contributed by atoms with E-state index in [9.17, 15) is 14.9 Å². The van der Waals surface area contributed by atoms with E-state index in [0.29, 0.717) is 11.3 Å². The fourth-order valence-corrected chi connectivity index (χ4v) is 2.57. The molecule has 1 heterocycles. The summed E-state index contributed by atoms with van der Waals surface area (Å²) >= 11 is 0. The Bertz CT molecular complexity index is 530. The number of benzene rings is 1. The van der Waals surface area contributed by atoms with Gasteiger partial charge in [-0.2, -0.15) is 0 Å². The number of nitrogens with zero attached hydrogens (tertiary/aromatic N) is 2. The fraction of sp³-hybridized carbons (Fsp3) is 0.500. The molecular formula is C14H19N3O3. The van der Waals surface area contributed by atoms with Crippen LogP contribution in [0.25, 0.3) is 0 Å². The van der Waals surface area contributed by atoms with E-state index < -0.39 is 4.92 Å². The Kier molecular flexibility index (Phi) is 4.34. The molecule has 6 heteroatoms. The van der Waals surface area contributed by atoms with Gasteiger partial charge >= 0.3 is 0 Å². The van der Waals surface area contributed by atoms with Crippen LogP contribution in [0.3, 0.4) is 0 Å². The van der Waals surface area contributed by atoms with E-state index >= 15 is 0 Å². The predicted octanol–water partition coefficient (Wildman–Crippen LogP) is 2.18. The van der Waals surface area contributed by atoms with E-state index in [-0.39, 0.29) is 17.5 Å². The Labute approximate surface area is 117 Å². The highest BCUT2D eigenvalue weighted by Crippen LogP contribution is 2.26. The van der Waals surface area contributed by atoms with Crippen molar-refractivity contribution in [3.05, 3.63) is 33.9 Å². The van der Waals surface area contributed by atoms with E-state index in [1.807, 2.05) is 7.05 Å². The molecule has 0 radical (unpaired) electrons. The van der Waals surface area contributed by atoms with Gasteiger partial charge in [0.05, 0.1) is 22.1 Å². The zero-order valence-electron chi connectivity index (χ0n) is 11.8. The molecule has 0 spiro atoms. The number of hydrogen-bond acceptors (Lipinski definition) is 4.